The zero-order valence-electron chi connectivity index (χ0n) is 10.3. The number of para-hydroxylation sites is 2. The molecule has 2 aromatic carbocycles. The van der Waals surface area contributed by atoms with E-state index in [0.717, 1.165) is 5.69 Å². The first-order valence-corrected chi connectivity index (χ1v) is 7.60. The minimum atomic E-state index is -3.29. The van der Waals surface area contributed by atoms with E-state index in [1.165, 1.54) is 0 Å². The minimum absolute atomic E-state index is 0.402. The second kappa shape index (κ2) is 5.08. The first-order valence-electron chi connectivity index (χ1n) is 6.10. The molecule has 0 saturated carbocycles. The number of nitrogens with zero attached hydrogens (tertiary/aromatic N) is 1. The Bertz CT molecular complexity index is 588. The Morgan fingerprint density at radius 2 is 1.63 bits per heavy atom. The molecule has 2 aromatic rings. The average Bonchev–Trinajstić information content (AvgIpc) is 2.82. The molecule has 0 amide bonds. The van der Waals surface area contributed by atoms with Gasteiger partial charge in [-0.1, -0.05) is 36.4 Å². The van der Waals surface area contributed by atoms with Gasteiger partial charge >= 0.3 is 7.75 Å². The minimum Gasteiger partial charge on any atom is -0.409 e. The third-order valence-corrected chi connectivity index (χ3v) is 4.84. The summed E-state index contributed by atoms with van der Waals surface area (Å²) in [5.41, 5.74) is 0.847. The largest absolute Gasteiger partial charge is 0.489 e. The monoisotopic (exact) mass is 275 g/mol. The van der Waals surface area contributed by atoms with Crippen LogP contribution >= 0.6 is 7.75 Å². The molecule has 19 heavy (non-hydrogen) atoms. The molecule has 1 saturated heterocycles. The molecule has 0 radical (unpaired) electrons. The molecule has 1 unspecified atom stereocenters. The van der Waals surface area contributed by atoms with Gasteiger partial charge in [-0.25, -0.2) is 4.57 Å². The van der Waals surface area contributed by atoms with E-state index in [4.69, 9.17) is 9.05 Å². The standard InChI is InChI=1S/C14H14NO3P/c16-19(18-14-9-5-2-6-10-14)15(11-12-17-19)13-7-3-1-4-8-13/h1-10H,11-12H2. The van der Waals surface area contributed by atoms with Gasteiger partial charge in [-0.05, 0) is 24.3 Å². The Kier molecular flexibility index (Phi) is 3.28. The Balaban J connectivity index is 1.88. The second-order valence-electron chi connectivity index (χ2n) is 4.16. The lowest BCUT2D eigenvalue weighted by molar-refractivity contribution is 0.305. The van der Waals surface area contributed by atoms with Crippen molar-refractivity contribution in [3.63, 3.8) is 0 Å². The van der Waals surface area contributed by atoms with Gasteiger partial charge < -0.3 is 4.52 Å². The van der Waals surface area contributed by atoms with E-state index < -0.39 is 7.75 Å². The average molecular weight is 275 g/mol. The molecule has 5 heteroatoms. The Labute approximate surface area is 112 Å². The maximum atomic E-state index is 12.8. The third kappa shape index (κ3) is 2.50. The molecule has 0 aliphatic carbocycles. The maximum absolute atomic E-state index is 12.8. The summed E-state index contributed by atoms with van der Waals surface area (Å²) in [5, 5.41) is 0. The maximum Gasteiger partial charge on any atom is 0.489 e. The van der Waals surface area contributed by atoms with Crippen molar-refractivity contribution in [2.75, 3.05) is 17.8 Å². The molecule has 1 aliphatic heterocycles. The Morgan fingerprint density at radius 1 is 1.00 bits per heavy atom. The number of rotatable bonds is 3. The van der Waals surface area contributed by atoms with Gasteiger partial charge in [-0.3, -0.25) is 9.19 Å². The van der Waals surface area contributed by atoms with Crippen LogP contribution in [0.2, 0.25) is 0 Å². The summed E-state index contributed by atoms with van der Waals surface area (Å²) in [4.78, 5) is 0. The first kappa shape index (κ1) is 12.3. The van der Waals surface area contributed by atoms with Crippen LogP contribution in [0.4, 0.5) is 5.69 Å². The summed E-state index contributed by atoms with van der Waals surface area (Å²) < 4.78 is 25.4. The van der Waals surface area contributed by atoms with Crippen LogP contribution in [0.15, 0.2) is 60.7 Å². The van der Waals surface area contributed by atoms with Gasteiger partial charge in [-0.15, -0.1) is 0 Å². The summed E-state index contributed by atoms with van der Waals surface area (Å²) in [7, 11) is -3.29. The van der Waals surface area contributed by atoms with Gasteiger partial charge in [0.2, 0.25) is 0 Å². The summed E-state index contributed by atoms with van der Waals surface area (Å²) in [6.07, 6.45) is 0. The van der Waals surface area contributed by atoms with Crippen LogP contribution in [0.25, 0.3) is 0 Å². The first-order chi connectivity index (χ1) is 9.28. The van der Waals surface area contributed by atoms with Gasteiger partial charge in [0.1, 0.15) is 5.75 Å². The predicted molar refractivity (Wildman–Crippen MR) is 74.4 cm³/mol. The van der Waals surface area contributed by atoms with Gasteiger partial charge in [0.15, 0.2) is 0 Å². The van der Waals surface area contributed by atoms with Crippen LogP contribution in [0, 0.1) is 0 Å². The predicted octanol–water partition coefficient (Wildman–Crippen LogP) is 3.71. The highest BCUT2D eigenvalue weighted by Gasteiger charge is 2.40. The lowest BCUT2D eigenvalue weighted by Crippen LogP contribution is -2.17. The summed E-state index contributed by atoms with van der Waals surface area (Å²) in [5.74, 6) is 0.550. The molecule has 1 heterocycles. The van der Waals surface area contributed by atoms with Crippen LogP contribution < -0.4 is 9.19 Å². The van der Waals surface area contributed by atoms with E-state index in [2.05, 4.69) is 0 Å². The highest BCUT2D eigenvalue weighted by atomic mass is 31.2. The van der Waals surface area contributed by atoms with Crippen LogP contribution in [0.5, 0.6) is 5.75 Å². The molecule has 98 valence electrons. The smallest absolute Gasteiger partial charge is 0.409 e. The molecule has 1 fully saturated rings. The molecule has 3 rings (SSSR count). The molecule has 0 bridgehead atoms. The van der Waals surface area contributed by atoms with Crippen LogP contribution in [0.1, 0.15) is 0 Å². The van der Waals surface area contributed by atoms with Crippen molar-refractivity contribution in [1.29, 1.82) is 0 Å². The molecule has 1 atom stereocenters. The van der Waals surface area contributed by atoms with Crippen molar-refractivity contribution >= 4 is 13.4 Å². The number of hydrogen-bond acceptors (Lipinski definition) is 3. The van der Waals surface area contributed by atoms with Crippen molar-refractivity contribution in [3.8, 4) is 5.75 Å². The van der Waals surface area contributed by atoms with E-state index >= 15 is 0 Å². The van der Waals surface area contributed by atoms with Crippen molar-refractivity contribution in [1.82, 2.24) is 0 Å². The fraction of sp³-hybridized carbons (Fsp3) is 0.143. The third-order valence-electron chi connectivity index (χ3n) is 2.87. The van der Waals surface area contributed by atoms with Gasteiger partial charge in [0.05, 0.1) is 13.2 Å². The Morgan fingerprint density at radius 3 is 2.32 bits per heavy atom. The van der Waals surface area contributed by atoms with Crippen LogP contribution in [-0.2, 0) is 9.09 Å². The van der Waals surface area contributed by atoms with E-state index in [-0.39, 0.29) is 0 Å². The Hall–Kier alpha value is -1.77. The number of anilines is 1. The van der Waals surface area contributed by atoms with Gasteiger partial charge in [0.25, 0.3) is 0 Å². The molecule has 0 spiro atoms. The summed E-state index contributed by atoms with van der Waals surface area (Å²) in [6, 6.07) is 18.6. The van der Waals surface area contributed by atoms with E-state index in [1.54, 1.807) is 16.8 Å². The second-order valence-corrected chi connectivity index (χ2v) is 6.03. The van der Waals surface area contributed by atoms with Crippen molar-refractivity contribution < 1.29 is 13.6 Å². The van der Waals surface area contributed by atoms with E-state index in [0.29, 0.717) is 18.9 Å². The van der Waals surface area contributed by atoms with Crippen LogP contribution in [0.3, 0.4) is 0 Å². The number of benzene rings is 2. The van der Waals surface area contributed by atoms with Crippen molar-refractivity contribution in [2.45, 2.75) is 0 Å². The normalized spacial score (nSPS) is 22.4. The zero-order valence-corrected chi connectivity index (χ0v) is 11.2. The molecule has 0 N–H and O–H groups in total. The van der Waals surface area contributed by atoms with Crippen molar-refractivity contribution in [2.24, 2.45) is 0 Å². The topological polar surface area (TPSA) is 38.8 Å². The fourth-order valence-electron chi connectivity index (χ4n) is 2.00. The van der Waals surface area contributed by atoms with Crippen LogP contribution in [-0.4, -0.2) is 13.2 Å². The summed E-state index contributed by atoms with van der Waals surface area (Å²) >= 11 is 0. The van der Waals surface area contributed by atoms with Gasteiger partial charge in [0, 0.05) is 5.69 Å². The molecule has 0 aromatic heterocycles. The zero-order chi connectivity index (χ0) is 13.1. The molecular weight excluding hydrogens is 261 g/mol. The number of hydrogen-bond donors (Lipinski definition) is 0. The van der Waals surface area contributed by atoms with E-state index in [1.807, 2.05) is 48.5 Å². The quantitative estimate of drug-likeness (QED) is 0.800. The highest BCUT2D eigenvalue weighted by molar-refractivity contribution is 7.56. The molecular formula is C14H14NO3P. The lowest BCUT2D eigenvalue weighted by Gasteiger charge is -2.23. The van der Waals surface area contributed by atoms with Crippen molar-refractivity contribution in [3.05, 3.63) is 60.7 Å². The molecule has 4 nitrogen and oxygen atoms in total. The van der Waals surface area contributed by atoms with E-state index in [9.17, 15) is 4.57 Å². The molecule has 1 aliphatic rings. The highest BCUT2D eigenvalue weighted by Crippen LogP contribution is 2.56. The SMILES string of the molecule is O=P1(Oc2ccccc2)OCCN1c1ccccc1. The summed E-state index contributed by atoms with van der Waals surface area (Å²) in [6.45, 7) is 0.965. The lowest BCUT2D eigenvalue weighted by atomic mass is 10.3. The van der Waals surface area contributed by atoms with Gasteiger partial charge in [-0.2, -0.15) is 0 Å². The fourth-order valence-corrected chi connectivity index (χ4v) is 3.73.